The molecule has 0 aliphatic carbocycles. The van der Waals surface area contributed by atoms with Gasteiger partial charge in [-0.2, -0.15) is 0 Å². The molecule has 0 spiro atoms. The molecule has 0 aliphatic heterocycles. The topological polar surface area (TPSA) is 30.9 Å². The summed E-state index contributed by atoms with van der Waals surface area (Å²) in [4.78, 5) is 0. The van der Waals surface area contributed by atoms with Gasteiger partial charge in [0.15, 0.2) is 0 Å². The average Bonchev–Trinajstić information content (AvgIpc) is 2.66. The number of nitrogens with two attached hydrogens (primary N) is 1. The molecule has 1 aromatic heterocycles. The fourth-order valence-electron chi connectivity index (χ4n) is 2.51. The highest BCUT2D eigenvalue weighted by Crippen LogP contribution is 2.34. The smallest absolute Gasteiger partial charge is 0.0480 e. The van der Waals surface area contributed by atoms with Crippen molar-refractivity contribution < 1.29 is 0 Å². The van der Waals surface area contributed by atoms with Crippen LogP contribution in [-0.4, -0.2) is 11.1 Å². The molecule has 1 heterocycles. The maximum absolute atomic E-state index is 5.95. The van der Waals surface area contributed by atoms with Gasteiger partial charge >= 0.3 is 0 Å². The van der Waals surface area contributed by atoms with E-state index in [1.165, 1.54) is 22.0 Å². The number of fused-ring (bicyclic) bond motifs is 1. The highest BCUT2D eigenvalue weighted by atomic mass is 14.9. The molecule has 0 atom stereocenters. The van der Waals surface area contributed by atoms with Crippen molar-refractivity contribution in [3.63, 3.8) is 0 Å². The molecule has 0 saturated heterocycles. The van der Waals surface area contributed by atoms with Gasteiger partial charge in [0, 0.05) is 36.1 Å². The van der Waals surface area contributed by atoms with E-state index >= 15 is 0 Å². The van der Waals surface area contributed by atoms with E-state index in [0.29, 0.717) is 6.54 Å². The minimum Gasteiger partial charge on any atom is -0.350 e. The monoisotopic (exact) mass is 258 g/mol. The van der Waals surface area contributed by atoms with Crippen molar-refractivity contribution in [2.24, 2.45) is 12.8 Å². The molecule has 1 aromatic carbocycles. The normalized spacial score (nSPS) is 13.2. The van der Waals surface area contributed by atoms with Gasteiger partial charge in [0.1, 0.15) is 0 Å². The molecule has 2 heteroatoms. The Bertz CT molecular complexity index is 597. The van der Waals surface area contributed by atoms with E-state index in [0.717, 1.165) is 0 Å². The summed E-state index contributed by atoms with van der Waals surface area (Å²) in [5.41, 5.74) is 10.1. The fraction of sp³-hybridized carbons (Fsp3) is 0.529. The van der Waals surface area contributed by atoms with Crippen LogP contribution in [0.15, 0.2) is 24.4 Å². The van der Waals surface area contributed by atoms with Gasteiger partial charge in [-0.15, -0.1) is 0 Å². The lowest BCUT2D eigenvalue weighted by atomic mass is 9.82. The molecule has 2 aromatic rings. The van der Waals surface area contributed by atoms with Gasteiger partial charge in [-0.1, -0.05) is 40.7 Å². The van der Waals surface area contributed by atoms with Crippen LogP contribution in [0.3, 0.4) is 0 Å². The van der Waals surface area contributed by atoms with Crippen molar-refractivity contribution in [3.8, 4) is 0 Å². The molecule has 0 saturated carbocycles. The number of nitrogens with zero attached hydrogens (tertiary/aromatic N) is 1. The van der Waals surface area contributed by atoms with E-state index in [9.17, 15) is 0 Å². The molecule has 19 heavy (non-hydrogen) atoms. The Labute approximate surface area is 116 Å². The van der Waals surface area contributed by atoms with Gasteiger partial charge in [0.2, 0.25) is 0 Å². The Balaban J connectivity index is 2.73. The number of rotatable bonds is 2. The van der Waals surface area contributed by atoms with Crippen LogP contribution in [0.2, 0.25) is 0 Å². The minimum absolute atomic E-state index is 0.00994. The summed E-state index contributed by atoms with van der Waals surface area (Å²) >= 11 is 0. The molecule has 0 bridgehead atoms. The van der Waals surface area contributed by atoms with Crippen LogP contribution in [0, 0.1) is 0 Å². The zero-order valence-electron chi connectivity index (χ0n) is 13.0. The molecular weight excluding hydrogens is 232 g/mol. The number of benzene rings is 1. The highest BCUT2D eigenvalue weighted by Gasteiger charge is 2.24. The van der Waals surface area contributed by atoms with Crippen LogP contribution in [0.5, 0.6) is 0 Å². The number of hydrogen-bond donors (Lipinski definition) is 1. The first-order valence-corrected chi connectivity index (χ1v) is 6.97. The van der Waals surface area contributed by atoms with Gasteiger partial charge in [-0.05, 0) is 28.7 Å². The van der Waals surface area contributed by atoms with Crippen molar-refractivity contribution in [2.45, 2.75) is 45.4 Å². The van der Waals surface area contributed by atoms with Crippen LogP contribution in [-0.2, 0) is 17.9 Å². The summed E-state index contributed by atoms with van der Waals surface area (Å²) in [7, 11) is 2.11. The van der Waals surface area contributed by atoms with E-state index in [1.807, 2.05) is 0 Å². The first kappa shape index (κ1) is 14.1. The van der Waals surface area contributed by atoms with Gasteiger partial charge < -0.3 is 10.3 Å². The zero-order valence-corrected chi connectivity index (χ0v) is 13.0. The van der Waals surface area contributed by atoms with Crippen LogP contribution in [0.4, 0.5) is 0 Å². The second-order valence-electron chi connectivity index (χ2n) is 7.22. The van der Waals surface area contributed by atoms with Crippen molar-refractivity contribution in [1.29, 1.82) is 0 Å². The van der Waals surface area contributed by atoms with Crippen LogP contribution in [0.1, 0.15) is 45.7 Å². The summed E-state index contributed by atoms with van der Waals surface area (Å²) < 4.78 is 2.20. The maximum Gasteiger partial charge on any atom is 0.0480 e. The molecule has 104 valence electrons. The second-order valence-corrected chi connectivity index (χ2v) is 7.22. The second kappa shape index (κ2) is 4.38. The van der Waals surface area contributed by atoms with Gasteiger partial charge in [-0.25, -0.2) is 0 Å². The Morgan fingerprint density at radius 2 is 1.74 bits per heavy atom. The van der Waals surface area contributed by atoms with E-state index < -0.39 is 0 Å². The lowest BCUT2D eigenvalue weighted by Gasteiger charge is -2.23. The minimum atomic E-state index is 0.00994. The SMILES string of the molecule is Cn1cc(C(C)(C)CN)c2cc(C(C)(C)C)ccc21. The van der Waals surface area contributed by atoms with Crippen molar-refractivity contribution in [1.82, 2.24) is 4.57 Å². The van der Waals surface area contributed by atoms with Crippen LogP contribution < -0.4 is 5.73 Å². The van der Waals surface area contributed by atoms with Gasteiger partial charge in [0.25, 0.3) is 0 Å². The van der Waals surface area contributed by atoms with E-state index in [2.05, 4.69) is 70.6 Å². The molecule has 2 N–H and O–H groups in total. The largest absolute Gasteiger partial charge is 0.350 e. The molecule has 2 nitrogen and oxygen atoms in total. The molecule has 0 amide bonds. The molecule has 0 radical (unpaired) electrons. The molecular formula is C17H26N2. The van der Waals surface area contributed by atoms with E-state index in [4.69, 9.17) is 5.73 Å². The van der Waals surface area contributed by atoms with Crippen molar-refractivity contribution in [3.05, 3.63) is 35.5 Å². The number of aryl methyl sites for hydroxylation is 1. The Morgan fingerprint density at radius 1 is 1.11 bits per heavy atom. The lowest BCUT2D eigenvalue weighted by Crippen LogP contribution is -2.27. The third-order valence-electron chi connectivity index (χ3n) is 4.09. The summed E-state index contributed by atoms with van der Waals surface area (Å²) in [5, 5.41) is 1.34. The fourth-order valence-corrected chi connectivity index (χ4v) is 2.51. The summed E-state index contributed by atoms with van der Waals surface area (Å²) in [5.74, 6) is 0. The van der Waals surface area contributed by atoms with E-state index in [1.54, 1.807) is 0 Å². The summed E-state index contributed by atoms with van der Waals surface area (Å²) in [6.07, 6.45) is 2.23. The average molecular weight is 258 g/mol. The zero-order chi connectivity index (χ0) is 14.4. The Hall–Kier alpha value is -1.28. The van der Waals surface area contributed by atoms with Crippen molar-refractivity contribution in [2.75, 3.05) is 6.54 Å². The number of hydrogen-bond acceptors (Lipinski definition) is 1. The maximum atomic E-state index is 5.95. The Morgan fingerprint density at radius 3 is 2.26 bits per heavy atom. The third kappa shape index (κ3) is 2.42. The van der Waals surface area contributed by atoms with Gasteiger partial charge in [0.05, 0.1) is 0 Å². The number of aromatic nitrogens is 1. The highest BCUT2D eigenvalue weighted by molar-refractivity contribution is 5.86. The van der Waals surface area contributed by atoms with Crippen LogP contribution >= 0.6 is 0 Å². The molecule has 2 rings (SSSR count). The Kier molecular flexibility index (Phi) is 3.26. The van der Waals surface area contributed by atoms with Crippen LogP contribution in [0.25, 0.3) is 10.9 Å². The predicted molar refractivity (Wildman–Crippen MR) is 83.7 cm³/mol. The predicted octanol–water partition coefficient (Wildman–Crippen LogP) is 3.71. The summed E-state index contributed by atoms with van der Waals surface area (Å²) in [6, 6.07) is 6.80. The lowest BCUT2D eigenvalue weighted by molar-refractivity contribution is 0.541. The first-order chi connectivity index (χ1) is 8.66. The molecule has 0 fully saturated rings. The van der Waals surface area contributed by atoms with Crippen molar-refractivity contribution >= 4 is 10.9 Å². The quantitative estimate of drug-likeness (QED) is 0.874. The first-order valence-electron chi connectivity index (χ1n) is 6.97. The molecule has 0 unspecified atom stereocenters. The van der Waals surface area contributed by atoms with Gasteiger partial charge in [-0.3, -0.25) is 0 Å². The third-order valence-corrected chi connectivity index (χ3v) is 4.09. The summed E-state index contributed by atoms with van der Waals surface area (Å²) in [6.45, 7) is 11.9. The van der Waals surface area contributed by atoms with E-state index in [-0.39, 0.29) is 10.8 Å². The molecule has 0 aliphatic rings. The standard InChI is InChI=1S/C17H26N2/c1-16(2,3)12-7-8-15-13(9-12)14(10-19(15)6)17(4,5)11-18/h7-10H,11,18H2,1-6H3.